The summed E-state index contributed by atoms with van der Waals surface area (Å²) in [5.41, 5.74) is 0. The Labute approximate surface area is 139 Å². The largest absolute Gasteiger partial charge is 0.490 e. The third kappa shape index (κ3) is 4.09. The van der Waals surface area contributed by atoms with Crippen LogP contribution in [0.2, 0.25) is 10.0 Å². The normalized spacial score (nSPS) is 21.4. The highest BCUT2D eigenvalue weighted by molar-refractivity contribution is 8.00. The van der Waals surface area contributed by atoms with Crippen LogP contribution in [-0.2, 0) is 0 Å². The lowest BCUT2D eigenvalue weighted by molar-refractivity contribution is 0.210. The fourth-order valence-corrected chi connectivity index (χ4v) is 4.20. The van der Waals surface area contributed by atoms with Gasteiger partial charge in [-0.1, -0.05) is 35.3 Å². The molecule has 0 amide bonds. The van der Waals surface area contributed by atoms with E-state index in [1.165, 1.54) is 0 Å². The van der Waals surface area contributed by atoms with E-state index in [0.29, 0.717) is 5.25 Å². The minimum Gasteiger partial charge on any atom is -0.490 e. The van der Waals surface area contributed by atoms with Crippen LogP contribution in [0.25, 0.3) is 0 Å². The van der Waals surface area contributed by atoms with Crippen molar-refractivity contribution in [3.05, 3.63) is 58.6 Å². The first-order chi connectivity index (χ1) is 10.2. The van der Waals surface area contributed by atoms with Crippen LogP contribution in [0.3, 0.4) is 0 Å². The van der Waals surface area contributed by atoms with Gasteiger partial charge in [-0.15, -0.1) is 11.8 Å². The highest BCUT2D eigenvalue weighted by Gasteiger charge is 2.27. The van der Waals surface area contributed by atoms with Crippen LogP contribution in [-0.4, -0.2) is 11.4 Å². The van der Waals surface area contributed by atoms with E-state index in [2.05, 4.69) is 6.07 Å². The van der Waals surface area contributed by atoms with E-state index < -0.39 is 0 Å². The van der Waals surface area contributed by atoms with Crippen molar-refractivity contribution in [3.63, 3.8) is 0 Å². The van der Waals surface area contributed by atoms with E-state index in [4.69, 9.17) is 27.9 Å². The molecule has 0 aliphatic heterocycles. The second-order valence-electron chi connectivity index (χ2n) is 5.18. The fourth-order valence-electron chi connectivity index (χ4n) is 2.54. The molecule has 0 bridgehead atoms. The summed E-state index contributed by atoms with van der Waals surface area (Å²) in [5, 5.41) is 2.15. The predicted octanol–water partition coefficient (Wildman–Crippen LogP) is 6.09. The Bertz CT molecular complexity index is 600. The van der Waals surface area contributed by atoms with Crippen molar-refractivity contribution < 1.29 is 4.74 Å². The van der Waals surface area contributed by atoms with Crippen molar-refractivity contribution in [1.82, 2.24) is 0 Å². The summed E-state index contributed by atoms with van der Waals surface area (Å²) < 4.78 is 6.02. The summed E-state index contributed by atoms with van der Waals surface area (Å²) in [6.45, 7) is 0. The molecule has 21 heavy (non-hydrogen) atoms. The van der Waals surface area contributed by atoms with Crippen molar-refractivity contribution in [3.8, 4) is 5.75 Å². The first kappa shape index (κ1) is 15.1. The monoisotopic (exact) mass is 338 g/mol. The first-order valence-corrected chi connectivity index (χ1v) is 8.67. The molecule has 1 aliphatic carbocycles. The zero-order valence-corrected chi connectivity index (χ0v) is 13.8. The van der Waals surface area contributed by atoms with Crippen LogP contribution in [0.4, 0.5) is 0 Å². The maximum atomic E-state index is 6.22. The molecule has 1 nitrogen and oxygen atoms in total. The maximum Gasteiger partial charge on any atom is 0.119 e. The Morgan fingerprint density at radius 1 is 0.952 bits per heavy atom. The summed E-state index contributed by atoms with van der Waals surface area (Å²) in [6, 6.07) is 15.6. The van der Waals surface area contributed by atoms with Gasteiger partial charge < -0.3 is 4.74 Å². The summed E-state index contributed by atoms with van der Waals surface area (Å²) in [7, 11) is 0. The number of benzene rings is 2. The van der Waals surface area contributed by atoms with Gasteiger partial charge >= 0.3 is 0 Å². The molecule has 110 valence electrons. The highest BCUT2D eigenvalue weighted by Crippen LogP contribution is 2.39. The van der Waals surface area contributed by atoms with Gasteiger partial charge in [-0.05, 0) is 55.7 Å². The van der Waals surface area contributed by atoms with E-state index in [1.807, 2.05) is 54.2 Å². The van der Waals surface area contributed by atoms with Gasteiger partial charge in [-0.2, -0.15) is 0 Å². The van der Waals surface area contributed by atoms with Gasteiger partial charge in [-0.3, -0.25) is 0 Å². The molecule has 3 rings (SSSR count). The molecule has 1 fully saturated rings. The van der Waals surface area contributed by atoms with Gasteiger partial charge in [-0.25, -0.2) is 0 Å². The molecular weight excluding hydrogens is 323 g/mol. The molecule has 4 heteroatoms. The van der Waals surface area contributed by atoms with Crippen LogP contribution < -0.4 is 4.74 Å². The van der Waals surface area contributed by atoms with Gasteiger partial charge in [0.1, 0.15) is 5.75 Å². The van der Waals surface area contributed by atoms with E-state index in [-0.39, 0.29) is 6.10 Å². The van der Waals surface area contributed by atoms with E-state index in [0.717, 1.165) is 40.0 Å². The Kier molecular flexibility index (Phi) is 4.99. The number of hydrogen-bond acceptors (Lipinski definition) is 2. The van der Waals surface area contributed by atoms with Gasteiger partial charge in [0.25, 0.3) is 0 Å². The molecule has 1 saturated carbocycles. The first-order valence-electron chi connectivity index (χ1n) is 7.04. The molecule has 0 spiro atoms. The average Bonchev–Trinajstić information content (AvgIpc) is 2.91. The number of thioether (sulfide) groups is 1. The average molecular weight is 339 g/mol. The fraction of sp³-hybridized carbons (Fsp3) is 0.294. The van der Waals surface area contributed by atoms with Gasteiger partial charge in [0.05, 0.1) is 11.1 Å². The topological polar surface area (TPSA) is 9.23 Å². The lowest BCUT2D eigenvalue weighted by atomic mass is 10.3. The SMILES string of the molecule is Clc1ccc(OC2CCC(Sc3ccccc3Cl)C2)cc1. The predicted molar refractivity (Wildman–Crippen MR) is 90.8 cm³/mol. The second kappa shape index (κ2) is 6.95. The standard InChI is InChI=1S/C17H16Cl2OS/c18-12-5-7-13(8-6-12)20-14-9-10-15(11-14)21-17-4-2-1-3-16(17)19/h1-8,14-15H,9-11H2. The van der Waals surface area contributed by atoms with E-state index in [1.54, 1.807) is 0 Å². The van der Waals surface area contributed by atoms with Crippen LogP contribution in [0.1, 0.15) is 19.3 Å². The molecule has 1 aliphatic rings. The quantitative estimate of drug-likeness (QED) is 0.667. The molecule has 2 unspecified atom stereocenters. The van der Waals surface area contributed by atoms with Crippen molar-refractivity contribution in [2.45, 2.75) is 35.5 Å². The number of halogens is 2. The summed E-state index contributed by atoms with van der Waals surface area (Å²) >= 11 is 14.0. The Hall–Kier alpha value is -0.830. The second-order valence-corrected chi connectivity index (χ2v) is 7.36. The lowest BCUT2D eigenvalue weighted by Gasteiger charge is -2.14. The number of ether oxygens (including phenoxy) is 1. The van der Waals surface area contributed by atoms with Crippen molar-refractivity contribution >= 4 is 35.0 Å². The zero-order chi connectivity index (χ0) is 14.7. The molecule has 0 radical (unpaired) electrons. The Balaban J connectivity index is 1.56. The highest BCUT2D eigenvalue weighted by atomic mass is 35.5. The van der Waals surface area contributed by atoms with E-state index >= 15 is 0 Å². The zero-order valence-electron chi connectivity index (χ0n) is 11.5. The van der Waals surface area contributed by atoms with Gasteiger partial charge in [0.2, 0.25) is 0 Å². The Morgan fingerprint density at radius 2 is 1.71 bits per heavy atom. The lowest BCUT2D eigenvalue weighted by Crippen LogP contribution is -2.12. The molecular formula is C17H16Cl2OS. The number of hydrogen-bond donors (Lipinski definition) is 0. The summed E-state index contributed by atoms with van der Waals surface area (Å²) in [4.78, 5) is 1.16. The Morgan fingerprint density at radius 3 is 2.48 bits per heavy atom. The molecule has 2 aromatic rings. The van der Waals surface area contributed by atoms with Crippen molar-refractivity contribution in [2.24, 2.45) is 0 Å². The van der Waals surface area contributed by atoms with E-state index in [9.17, 15) is 0 Å². The number of rotatable bonds is 4. The molecule has 0 N–H and O–H groups in total. The molecule has 0 aromatic heterocycles. The molecule has 0 saturated heterocycles. The van der Waals surface area contributed by atoms with Crippen LogP contribution in [0.5, 0.6) is 5.75 Å². The van der Waals surface area contributed by atoms with Crippen molar-refractivity contribution in [1.29, 1.82) is 0 Å². The van der Waals surface area contributed by atoms with Gasteiger partial charge in [0, 0.05) is 15.2 Å². The molecule has 2 aromatic carbocycles. The third-order valence-electron chi connectivity index (χ3n) is 3.58. The van der Waals surface area contributed by atoms with Crippen LogP contribution in [0.15, 0.2) is 53.4 Å². The van der Waals surface area contributed by atoms with Crippen LogP contribution in [0, 0.1) is 0 Å². The minimum absolute atomic E-state index is 0.283. The van der Waals surface area contributed by atoms with Crippen molar-refractivity contribution in [2.75, 3.05) is 0 Å². The summed E-state index contributed by atoms with van der Waals surface area (Å²) in [5.74, 6) is 0.896. The maximum absolute atomic E-state index is 6.22. The van der Waals surface area contributed by atoms with Crippen LogP contribution >= 0.6 is 35.0 Å². The van der Waals surface area contributed by atoms with Gasteiger partial charge in [0.15, 0.2) is 0 Å². The smallest absolute Gasteiger partial charge is 0.119 e. The molecule has 0 heterocycles. The molecule has 2 atom stereocenters. The summed E-state index contributed by atoms with van der Waals surface area (Å²) in [6.07, 6.45) is 3.59. The third-order valence-corrected chi connectivity index (χ3v) is 5.65. The minimum atomic E-state index is 0.283.